The van der Waals surface area contributed by atoms with Gasteiger partial charge >= 0.3 is 36.0 Å². The maximum atomic E-state index is 14.2. The average molecular weight is 462 g/mol. The molecule has 4 nitrogen and oxygen atoms in total. The predicted octanol–water partition coefficient (Wildman–Crippen LogP) is 4.31. The first-order valence-electron chi connectivity index (χ1n) is 6.34. The van der Waals surface area contributed by atoms with Gasteiger partial charge in [-0.1, -0.05) is 0 Å². The van der Waals surface area contributed by atoms with E-state index in [1.54, 1.807) is 4.99 Å². The van der Waals surface area contributed by atoms with Gasteiger partial charge in [0.2, 0.25) is 17.6 Å². The number of aliphatic imine (C=N–C) groups is 2. The maximum absolute atomic E-state index is 14.2. The van der Waals surface area contributed by atoms with Crippen LogP contribution in [0, 0.1) is 5.41 Å². The third-order valence-corrected chi connectivity index (χ3v) is 3.55. The van der Waals surface area contributed by atoms with Crippen LogP contribution in [-0.4, -0.2) is 61.3 Å². The van der Waals surface area contributed by atoms with Crippen LogP contribution in [0.2, 0.25) is 0 Å². The lowest BCUT2D eigenvalue weighted by molar-refractivity contribution is -0.456. The summed E-state index contributed by atoms with van der Waals surface area (Å²) in [7, 11) is 0. The first kappa shape index (κ1) is 26.8. The monoisotopic (exact) mass is 462 g/mol. The minimum absolute atomic E-state index is 0.0341. The Morgan fingerprint density at radius 1 is 0.552 bits per heavy atom. The van der Waals surface area contributed by atoms with Gasteiger partial charge in [0.1, 0.15) is 6.54 Å². The Balaban J connectivity index is 7.54. The smallest absolute Gasteiger partial charge is 0.220 e. The summed E-state index contributed by atoms with van der Waals surface area (Å²) in [6.07, 6.45) is -23.1. The highest BCUT2D eigenvalue weighted by molar-refractivity contribution is 5.34. The summed E-state index contributed by atoms with van der Waals surface area (Å²) in [4.78, 5) is 22.6. The zero-order valence-electron chi connectivity index (χ0n) is 12.9. The summed E-state index contributed by atoms with van der Waals surface area (Å²) in [6, 6.07) is 0. The minimum atomic E-state index is -8.10. The average Bonchev–Trinajstić information content (AvgIpc) is 2.48. The molecule has 0 saturated carbocycles. The number of isocyanates is 2. The molecular formula is C11H4F14N2O2. The standard InChI is InChI=1S/C11H4F14N2O2/c12-6(13,2-27-4-29)7(14,11(23,24)25)8(15,16)5(1-26-3-28,9(17,18)19)10(20,21)22/h1-2H2. The van der Waals surface area contributed by atoms with E-state index in [4.69, 9.17) is 0 Å². The van der Waals surface area contributed by atoms with Crippen molar-refractivity contribution in [1.82, 2.24) is 0 Å². The predicted molar refractivity (Wildman–Crippen MR) is 60.3 cm³/mol. The molecule has 0 aromatic carbocycles. The first-order chi connectivity index (χ1) is 12.6. The van der Waals surface area contributed by atoms with Gasteiger partial charge in [-0.05, 0) is 0 Å². The van der Waals surface area contributed by atoms with Crippen LogP contribution in [-0.2, 0) is 9.59 Å². The normalized spacial score (nSPS) is 16.5. The lowest BCUT2D eigenvalue weighted by Gasteiger charge is -2.48. The Bertz CT molecular complexity index is 682. The van der Waals surface area contributed by atoms with E-state index in [-0.39, 0.29) is 12.2 Å². The molecule has 0 aliphatic carbocycles. The molecule has 0 aliphatic rings. The fourth-order valence-electron chi connectivity index (χ4n) is 2.10. The summed E-state index contributed by atoms with van der Waals surface area (Å²) in [5.74, 6) is -14.9. The quantitative estimate of drug-likeness (QED) is 0.322. The van der Waals surface area contributed by atoms with Crippen molar-refractivity contribution >= 4 is 12.2 Å². The van der Waals surface area contributed by atoms with E-state index in [1.165, 1.54) is 4.99 Å². The Morgan fingerprint density at radius 3 is 1.17 bits per heavy atom. The van der Waals surface area contributed by atoms with Gasteiger partial charge in [0.05, 0.1) is 6.54 Å². The molecular weight excluding hydrogens is 458 g/mol. The van der Waals surface area contributed by atoms with Crippen molar-refractivity contribution in [2.75, 3.05) is 13.1 Å². The van der Waals surface area contributed by atoms with Gasteiger partial charge in [-0.25, -0.2) is 36.5 Å². The molecule has 18 heteroatoms. The molecule has 0 bridgehead atoms. The number of alkyl halides is 14. The molecule has 1 unspecified atom stereocenters. The number of nitrogens with zero attached hydrogens (tertiary/aromatic N) is 2. The lowest BCUT2D eigenvalue weighted by atomic mass is 9.69. The van der Waals surface area contributed by atoms with Gasteiger partial charge in [0, 0.05) is 0 Å². The van der Waals surface area contributed by atoms with Gasteiger partial charge in [0.15, 0.2) is 0 Å². The van der Waals surface area contributed by atoms with E-state index >= 15 is 0 Å². The van der Waals surface area contributed by atoms with Crippen molar-refractivity contribution in [2.24, 2.45) is 15.4 Å². The number of carbonyl (C=O) groups excluding carboxylic acids is 2. The summed E-state index contributed by atoms with van der Waals surface area (Å²) in [6.45, 7) is -6.92. The zero-order valence-corrected chi connectivity index (χ0v) is 12.9. The highest BCUT2D eigenvalue weighted by atomic mass is 19.4. The van der Waals surface area contributed by atoms with Crippen molar-refractivity contribution in [3.63, 3.8) is 0 Å². The SMILES string of the molecule is O=C=NCC(F)(F)C(F)(C(F)(F)F)C(F)(F)C(CN=C=O)(C(F)(F)F)C(F)(F)F. The van der Waals surface area contributed by atoms with Gasteiger partial charge in [-0.3, -0.25) is 0 Å². The van der Waals surface area contributed by atoms with Crippen LogP contribution in [0.15, 0.2) is 9.98 Å². The molecule has 0 fully saturated rings. The highest BCUT2D eigenvalue weighted by Crippen LogP contribution is 2.67. The molecule has 29 heavy (non-hydrogen) atoms. The summed E-state index contributed by atoms with van der Waals surface area (Å²) < 4.78 is 186. The molecule has 0 rings (SSSR count). The van der Waals surface area contributed by atoms with Crippen LogP contribution >= 0.6 is 0 Å². The second-order valence-electron chi connectivity index (χ2n) is 5.15. The molecule has 0 aromatic heterocycles. The van der Waals surface area contributed by atoms with E-state index in [0.29, 0.717) is 0 Å². The number of hydrogen-bond donors (Lipinski definition) is 0. The topological polar surface area (TPSA) is 58.9 Å². The molecule has 1 atom stereocenters. The molecule has 168 valence electrons. The van der Waals surface area contributed by atoms with Crippen LogP contribution in [0.3, 0.4) is 0 Å². The molecule has 0 aliphatic heterocycles. The van der Waals surface area contributed by atoms with E-state index < -0.39 is 54.5 Å². The minimum Gasteiger partial charge on any atom is -0.220 e. The van der Waals surface area contributed by atoms with Crippen molar-refractivity contribution in [3.05, 3.63) is 0 Å². The van der Waals surface area contributed by atoms with E-state index in [9.17, 15) is 71.1 Å². The Hall–Kier alpha value is -2.22. The van der Waals surface area contributed by atoms with Crippen LogP contribution < -0.4 is 0 Å². The molecule has 0 aromatic rings. The molecule has 0 heterocycles. The Labute approximate surface area is 149 Å². The molecule has 0 N–H and O–H groups in total. The Kier molecular flexibility index (Phi) is 6.98. The summed E-state index contributed by atoms with van der Waals surface area (Å²) >= 11 is 0. The summed E-state index contributed by atoms with van der Waals surface area (Å²) in [5, 5.41) is 0. The summed E-state index contributed by atoms with van der Waals surface area (Å²) in [5.41, 5.74) is -15.2. The second kappa shape index (κ2) is 7.55. The van der Waals surface area contributed by atoms with Gasteiger partial charge in [-0.2, -0.15) is 44.5 Å². The zero-order chi connectivity index (χ0) is 23.7. The van der Waals surface area contributed by atoms with Gasteiger partial charge < -0.3 is 0 Å². The third kappa shape index (κ3) is 3.82. The number of rotatable bonds is 7. The molecule has 0 radical (unpaired) electrons. The second-order valence-corrected chi connectivity index (χ2v) is 5.15. The third-order valence-electron chi connectivity index (χ3n) is 3.55. The van der Waals surface area contributed by atoms with E-state index in [1.807, 2.05) is 0 Å². The van der Waals surface area contributed by atoms with Crippen molar-refractivity contribution in [1.29, 1.82) is 0 Å². The van der Waals surface area contributed by atoms with Crippen LogP contribution in [0.25, 0.3) is 0 Å². The van der Waals surface area contributed by atoms with Crippen molar-refractivity contribution in [2.45, 2.75) is 36.0 Å². The number of hydrogen-bond acceptors (Lipinski definition) is 4. The lowest BCUT2D eigenvalue weighted by Crippen LogP contribution is -2.77. The van der Waals surface area contributed by atoms with E-state index in [2.05, 4.69) is 0 Å². The molecule has 0 amide bonds. The van der Waals surface area contributed by atoms with Gasteiger partial charge in [-0.15, -0.1) is 0 Å². The van der Waals surface area contributed by atoms with Crippen molar-refractivity contribution in [3.8, 4) is 0 Å². The van der Waals surface area contributed by atoms with E-state index in [0.717, 1.165) is 0 Å². The Morgan fingerprint density at radius 2 is 0.897 bits per heavy atom. The van der Waals surface area contributed by atoms with Crippen LogP contribution in [0.1, 0.15) is 0 Å². The molecule has 0 saturated heterocycles. The maximum Gasteiger partial charge on any atom is 0.434 e. The van der Waals surface area contributed by atoms with Crippen LogP contribution in [0.4, 0.5) is 61.5 Å². The fourth-order valence-corrected chi connectivity index (χ4v) is 2.10. The van der Waals surface area contributed by atoms with Crippen molar-refractivity contribution < 1.29 is 71.1 Å². The van der Waals surface area contributed by atoms with Crippen LogP contribution in [0.5, 0.6) is 0 Å². The number of halogens is 14. The first-order valence-corrected chi connectivity index (χ1v) is 6.34. The van der Waals surface area contributed by atoms with Gasteiger partial charge in [0.25, 0.3) is 0 Å². The molecule has 0 spiro atoms. The largest absolute Gasteiger partial charge is 0.434 e. The fraction of sp³-hybridized carbons (Fsp3) is 0.818. The highest BCUT2D eigenvalue weighted by Gasteiger charge is 2.95.